The molecule has 0 amide bonds. The number of hydrogen-bond acceptors (Lipinski definition) is 3. The molecule has 2 N–H and O–H groups in total. The Morgan fingerprint density at radius 3 is 1.26 bits per heavy atom. The van der Waals surface area contributed by atoms with Gasteiger partial charge in [-0.05, 0) is 85.0 Å². The molecule has 5 nitrogen and oxygen atoms in total. The van der Waals surface area contributed by atoms with E-state index in [-0.39, 0.29) is 51.9 Å². The number of hydrogen-bond donors (Lipinski definition) is 2. The largest absolute Gasteiger partial charge is 2.00 e. The molecule has 6 heteroatoms. The van der Waals surface area contributed by atoms with Crippen molar-refractivity contribution in [3.8, 4) is 56.5 Å². The summed E-state index contributed by atoms with van der Waals surface area (Å²) < 4.78 is 4.74. The summed E-state index contributed by atoms with van der Waals surface area (Å²) in [5, 5.41) is 26.5. The van der Waals surface area contributed by atoms with Crippen molar-refractivity contribution in [1.82, 2.24) is 14.1 Å². The number of phenols is 2. The summed E-state index contributed by atoms with van der Waals surface area (Å²) >= 11 is 0. The Morgan fingerprint density at radius 2 is 0.912 bits per heavy atom. The maximum Gasteiger partial charge on any atom is 2.00 e. The molecule has 0 fully saturated rings. The molecule has 0 saturated heterocycles. The van der Waals surface area contributed by atoms with E-state index in [2.05, 4.69) is 169 Å². The maximum absolute atomic E-state index is 12.1. The number of para-hydroxylation sites is 2. The van der Waals surface area contributed by atoms with Crippen molar-refractivity contribution < 1.29 is 36.4 Å². The molecule has 7 aromatic rings. The third kappa shape index (κ3) is 8.04. The second kappa shape index (κ2) is 17.2. The number of benzene rings is 4. The Hall–Kier alpha value is -4.41. The number of fused-ring (bicyclic) bond motifs is 2. The minimum absolute atomic E-state index is 0. The van der Waals surface area contributed by atoms with Crippen LogP contribution in [0.25, 0.3) is 66.8 Å². The fourth-order valence-corrected chi connectivity index (χ4v) is 8.37. The zero-order valence-electron chi connectivity index (χ0n) is 36.2. The Morgan fingerprint density at radius 1 is 0.544 bits per heavy atom. The van der Waals surface area contributed by atoms with Crippen LogP contribution in [-0.4, -0.2) is 24.3 Å². The van der Waals surface area contributed by atoms with Crippen molar-refractivity contribution in [2.75, 3.05) is 0 Å². The van der Waals surface area contributed by atoms with Gasteiger partial charge in [-0.25, -0.2) is 4.98 Å². The molecule has 57 heavy (non-hydrogen) atoms. The fourth-order valence-electron chi connectivity index (χ4n) is 8.37. The van der Waals surface area contributed by atoms with Gasteiger partial charge in [-0.1, -0.05) is 110 Å². The normalized spacial score (nSPS) is 11.7. The summed E-state index contributed by atoms with van der Waals surface area (Å²) in [6, 6.07) is 31.9. The molecule has 296 valence electrons. The third-order valence-electron chi connectivity index (χ3n) is 10.7. The summed E-state index contributed by atoms with van der Waals surface area (Å²) in [6.45, 7) is 23.2. The van der Waals surface area contributed by atoms with Crippen LogP contribution in [0.15, 0.2) is 91.0 Å². The molecule has 0 radical (unpaired) electrons. The van der Waals surface area contributed by atoms with Gasteiger partial charge >= 0.3 is 26.2 Å². The first-order valence-electron chi connectivity index (χ1n) is 19.5. The third-order valence-corrected chi connectivity index (χ3v) is 10.7. The van der Waals surface area contributed by atoms with Crippen molar-refractivity contribution in [3.05, 3.63) is 128 Å². The van der Waals surface area contributed by atoms with Crippen LogP contribution in [-0.2, 0) is 50.1 Å². The first-order chi connectivity index (χ1) is 25.6. The van der Waals surface area contributed by atoms with E-state index in [9.17, 15) is 10.2 Å². The molecule has 3 heterocycles. The standard InChI is InChI=1S/C49H55N3O2.2CH3.Zr/c1-11-24-51-40-22-15-13-18-32(40)42(44(51)34-26-30(3)28-36(46(34)53)48(5,6)7)38-20-17-21-39(50-38)43-33-19-14-16-23-41(33)52(25-12-2)45(43)35-27-31(4)29-37(47(35)54)49(8,9)10;;;/h13-23,26-29,53-54H,11-12,24-25H2,1-10H3;2*1H3;/q;2*-1;+2. The molecule has 0 aliphatic rings. The molecule has 4 aromatic carbocycles. The smallest absolute Gasteiger partial charge is 0.507 e. The predicted octanol–water partition coefficient (Wildman–Crippen LogP) is 14.0. The van der Waals surface area contributed by atoms with Crippen molar-refractivity contribution >= 4 is 21.8 Å². The zero-order chi connectivity index (χ0) is 38.7. The van der Waals surface area contributed by atoms with Gasteiger partial charge in [0.1, 0.15) is 11.5 Å². The number of rotatable bonds is 8. The first-order valence-corrected chi connectivity index (χ1v) is 19.5. The number of aryl methyl sites for hydroxylation is 4. The first kappa shape index (κ1) is 45.3. The number of phenolic OH excluding ortho intramolecular Hbond substituents is 2. The van der Waals surface area contributed by atoms with Crippen LogP contribution in [0.3, 0.4) is 0 Å². The minimum atomic E-state index is -0.248. The van der Waals surface area contributed by atoms with Crippen molar-refractivity contribution in [3.63, 3.8) is 0 Å². The van der Waals surface area contributed by atoms with E-state index in [1.54, 1.807) is 0 Å². The number of aromatic hydroxyl groups is 2. The molecule has 3 aromatic heterocycles. The van der Waals surface area contributed by atoms with Gasteiger partial charge in [-0.3, -0.25) is 0 Å². The molecule has 0 atom stereocenters. The van der Waals surface area contributed by atoms with E-state index in [1.807, 2.05) is 0 Å². The van der Waals surface area contributed by atoms with E-state index in [4.69, 9.17) is 4.98 Å². The van der Waals surface area contributed by atoms with Gasteiger partial charge in [0.2, 0.25) is 0 Å². The Balaban J connectivity index is 0.00000240. The molecule has 0 aliphatic heterocycles. The van der Waals surface area contributed by atoms with E-state index in [0.717, 1.165) is 115 Å². The molecule has 7 rings (SSSR count). The number of nitrogens with zero attached hydrogens (tertiary/aromatic N) is 3. The monoisotopic (exact) mass is 837 g/mol. The van der Waals surface area contributed by atoms with Crippen molar-refractivity contribution in [2.45, 2.75) is 106 Å². The van der Waals surface area contributed by atoms with Crippen LogP contribution < -0.4 is 0 Å². The number of aromatic nitrogens is 3. The second-order valence-corrected chi connectivity index (χ2v) is 17.1. The van der Waals surface area contributed by atoms with Gasteiger partial charge in [0.15, 0.2) is 0 Å². The summed E-state index contributed by atoms with van der Waals surface area (Å²) in [4.78, 5) is 5.59. The second-order valence-electron chi connectivity index (χ2n) is 17.1. The van der Waals surface area contributed by atoms with E-state index in [0.29, 0.717) is 11.5 Å². The summed E-state index contributed by atoms with van der Waals surface area (Å²) in [6.07, 6.45) is 1.88. The maximum atomic E-state index is 12.1. The van der Waals surface area contributed by atoms with Crippen LogP contribution in [0, 0.1) is 28.7 Å². The molecule has 0 aliphatic carbocycles. The predicted molar refractivity (Wildman–Crippen MR) is 241 cm³/mol. The van der Waals surface area contributed by atoms with E-state index < -0.39 is 0 Å². The Kier molecular flexibility index (Phi) is 13.7. The zero-order valence-corrected chi connectivity index (χ0v) is 38.7. The quantitative estimate of drug-likeness (QED) is 0.150. The van der Waals surface area contributed by atoms with Gasteiger partial charge in [0.25, 0.3) is 0 Å². The molecular formula is C51H61N3O2Zr. The fraction of sp³-hybridized carbons (Fsp3) is 0.314. The Bertz CT molecular complexity index is 2370. The van der Waals surface area contributed by atoms with E-state index >= 15 is 0 Å². The molecule has 0 bridgehead atoms. The summed E-state index contributed by atoms with van der Waals surface area (Å²) in [5.74, 6) is 0.639. The average Bonchev–Trinajstić information content (AvgIpc) is 3.62. The van der Waals surface area contributed by atoms with Crippen molar-refractivity contribution in [2.24, 2.45) is 0 Å². The van der Waals surface area contributed by atoms with Gasteiger partial charge in [-0.15, -0.1) is 0 Å². The average molecular weight is 839 g/mol. The SMILES string of the molecule is CCCn1c(-c2cc(C)cc(C(C)(C)C)c2O)c(-c2cccc(-c3c(-c4cc(C)cc(C(C)(C)C)c4O)n(CCC)c4ccccc34)n2)c2ccccc21.[CH3-].[CH3-].[Zr+2]. The minimum Gasteiger partial charge on any atom is -0.507 e. The molecule has 0 spiro atoms. The number of pyridine rings is 1. The van der Waals surface area contributed by atoms with Crippen LogP contribution in [0.5, 0.6) is 11.5 Å². The molecule has 0 unspecified atom stereocenters. The van der Waals surface area contributed by atoms with Crippen LogP contribution in [0.1, 0.15) is 90.5 Å². The Labute approximate surface area is 360 Å². The van der Waals surface area contributed by atoms with E-state index in [1.165, 1.54) is 0 Å². The van der Waals surface area contributed by atoms with Crippen LogP contribution >= 0.6 is 0 Å². The van der Waals surface area contributed by atoms with Gasteiger partial charge in [0.05, 0.1) is 22.8 Å². The van der Waals surface area contributed by atoms with Gasteiger partial charge < -0.3 is 34.2 Å². The molecular weight excluding hydrogens is 778 g/mol. The van der Waals surface area contributed by atoms with Crippen LogP contribution in [0.4, 0.5) is 0 Å². The molecule has 0 saturated carbocycles. The van der Waals surface area contributed by atoms with Crippen LogP contribution in [0.2, 0.25) is 0 Å². The topological polar surface area (TPSA) is 63.2 Å². The van der Waals surface area contributed by atoms with Gasteiger partial charge in [-0.2, -0.15) is 0 Å². The summed E-state index contributed by atoms with van der Waals surface area (Å²) in [5.41, 5.74) is 13.1. The van der Waals surface area contributed by atoms with Gasteiger partial charge in [0, 0.05) is 68.3 Å². The van der Waals surface area contributed by atoms with Crippen molar-refractivity contribution in [1.29, 1.82) is 0 Å². The summed E-state index contributed by atoms with van der Waals surface area (Å²) in [7, 11) is 0.